The number of hydrogen-bond acceptors (Lipinski definition) is 4. The molecule has 158 valence electrons. The molecule has 1 atom stereocenters. The second kappa shape index (κ2) is 10.8. The molecular formula is C23H33N3O3. The van der Waals surface area contributed by atoms with Gasteiger partial charge in [-0.1, -0.05) is 27.7 Å². The smallest absolute Gasteiger partial charge is 0.358 e. The number of amides is 1. The summed E-state index contributed by atoms with van der Waals surface area (Å²) in [6, 6.07) is 9.24. The Morgan fingerprint density at radius 3 is 2.21 bits per heavy atom. The fourth-order valence-electron chi connectivity index (χ4n) is 3.25. The van der Waals surface area contributed by atoms with Crippen molar-refractivity contribution in [3.05, 3.63) is 47.3 Å². The van der Waals surface area contributed by atoms with Gasteiger partial charge in [-0.15, -0.1) is 0 Å². The van der Waals surface area contributed by atoms with Crippen molar-refractivity contribution in [1.29, 1.82) is 0 Å². The number of esters is 1. The van der Waals surface area contributed by atoms with E-state index < -0.39 is 5.97 Å². The molecule has 1 amide bonds. The Labute approximate surface area is 173 Å². The molecule has 0 spiro atoms. The first-order valence-corrected chi connectivity index (χ1v) is 10.6. The number of hydrogen-bond donors (Lipinski definition) is 0. The van der Waals surface area contributed by atoms with Crippen molar-refractivity contribution in [3.63, 3.8) is 0 Å². The highest BCUT2D eigenvalue weighted by Gasteiger charge is 2.20. The van der Waals surface area contributed by atoms with Gasteiger partial charge in [-0.2, -0.15) is 5.10 Å². The molecule has 0 saturated heterocycles. The Kier molecular flexibility index (Phi) is 8.43. The molecule has 2 aromatic rings. The highest BCUT2D eigenvalue weighted by Crippen LogP contribution is 2.24. The SMILES string of the molecule is CCCN(CCC)C(=O)c1ccc(-n2nc(C(=O)OCC)cc2[C@H](C)CC)cc1. The van der Waals surface area contributed by atoms with Crippen LogP contribution in [0.4, 0.5) is 0 Å². The quantitative estimate of drug-likeness (QED) is 0.537. The van der Waals surface area contributed by atoms with E-state index in [1.54, 1.807) is 17.7 Å². The Morgan fingerprint density at radius 2 is 1.69 bits per heavy atom. The van der Waals surface area contributed by atoms with E-state index in [0.29, 0.717) is 17.9 Å². The largest absolute Gasteiger partial charge is 0.461 e. The minimum absolute atomic E-state index is 0.0510. The average molecular weight is 400 g/mol. The van der Waals surface area contributed by atoms with Crippen LogP contribution in [0.15, 0.2) is 30.3 Å². The van der Waals surface area contributed by atoms with Gasteiger partial charge in [-0.25, -0.2) is 9.48 Å². The van der Waals surface area contributed by atoms with E-state index in [1.807, 2.05) is 29.2 Å². The maximum Gasteiger partial charge on any atom is 0.358 e. The Balaban J connectivity index is 2.35. The summed E-state index contributed by atoms with van der Waals surface area (Å²) in [6.45, 7) is 12.0. The predicted molar refractivity (Wildman–Crippen MR) is 115 cm³/mol. The summed E-state index contributed by atoms with van der Waals surface area (Å²) in [5.41, 5.74) is 2.75. The number of benzene rings is 1. The standard InChI is InChI=1S/C23H33N3O3/c1-6-14-25(15-7-2)22(27)18-10-12-19(13-11-18)26-21(17(5)8-3)16-20(24-26)23(28)29-9-4/h10-13,16-17H,6-9,14-15H2,1-5H3/t17-/m1/s1. The number of rotatable bonds is 10. The summed E-state index contributed by atoms with van der Waals surface area (Å²) in [5.74, 6) is -0.135. The van der Waals surface area contributed by atoms with Crippen molar-refractivity contribution in [2.24, 2.45) is 0 Å². The summed E-state index contributed by atoms with van der Waals surface area (Å²) in [7, 11) is 0. The van der Waals surface area contributed by atoms with E-state index in [4.69, 9.17) is 4.74 Å². The first-order chi connectivity index (χ1) is 14.0. The lowest BCUT2D eigenvalue weighted by Gasteiger charge is -2.21. The summed E-state index contributed by atoms with van der Waals surface area (Å²) in [5, 5.41) is 4.48. The van der Waals surface area contributed by atoms with Crippen molar-refractivity contribution >= 4 is 11.9 Å². The molecule has 0 unspecified atom stereocenters. The van der Waals surface area contributed by atoms with Gasteiger partial charge in [0.05, 0.1) is 12.3 Å². The molecule has 1 aromatic carbocycles. The molecule has 1 heterocycles. The maximum absolute atomic E-state index is 12.8. The van der Waals surface area contributed by atoms with E-state index >= 15 is 0 Å². The summed E-state index contributed by atoms with van der Waals surface area (Å²) >= 11 is 0. The van der Waals surface area contributed by atoms with Gasteiger partial charge in [-0.05, 0) is 62.4 Å². The zero-order valence-corrected chi connectivity index (χ0v) is 18.3. The molecule has 0 fully saturated rings. The zero-order valence-electron chi connectivity index (χ0n) is 18.3. The monoisotopic (exact) mass is 399 g/mol. The Morgan fingerprint density at radius 1 is 1.07 bits per heavy atom. The lowest BCUT2D eigenvalue weighted by Crippen LogP contribution is -2.32. The molecule has 0 aliphatic rings. The zero-order chi connectivity index (χ0) is 21.4. The average Bonchev–Trinajstić information content (AvgIpc) is 3.18. The van der Waals surface area contributed by atoms with Gasteiger partial charge < -0.3 is 9.64 Å². The van der Waals surface area contributed by atoms with E-state index in [0.717, 1.165) is 43.7 Å². The summed E-state index contributed by atoms with van der Waals surface area (Å²) in [4.78, 5) is 26.8. The third-order valence-corrected chi connectivity index (χ3v) is 4.97. The van der Waals surface area contributed by atoms with Crippen LogP contribution < -0.4 is 0 Å². The first-order valence-electron chi connectivity index (χ1n) is 10.6. The molecule has 2 rings (SSSR count). The van der Waals surface area contributed by atoms with Crippen molar-refractivity contribution in [2.75, 3.05) is 19.7 Å². The van der Waals surface area contributed by atoms with Gasteiger partial charge in [0.2, 0.25) is 0 Å². The van der Waals surface area contributed by atoms with Crippen LogP contribution in [0.5, 0.6) is 0 Å². The predicted octanol–water partition coefficient (Wildman–Crippen LogP) is 4.82. The first kappa shape index (κ1) is 22.7. The van der Waals surface area contributed by atoms with Gasteiger partial charge >= 0.3 is 5.97 Å². The fourth-order valence-corrected chi connectivity index (χ4v) is 3.25. The molecule has 0 aliphatic heterocycles. The van der Waals surface area contributed by atoms with Gasteiger partial charge in [0.15, 0.2) is 5.69 Å². The van der Waals surface area contributed by atoms with Crippen molar-refractivity contribution in [2.45, 2.75) is 59.8 Å². The molecule has 6 heteroatoms. The van der Waals surface area contributed by atoms with Crippen LogP contribution in [0.25, 0.3) is 5.69 Å². The lowest BCUT2D eigenvalue weighted by molar-refractivity contribution is 0.0518. The van der Waals surface area contributed by atoms with Crippen LogP contribution in [-0.4, -0.2) is 46.3 Å². The topological polar surface area (TPSA) is 64.4 Å². The third-order valence-electron chi connectivity index (χ3n) is 4.97. The Hall–Kier alpha value is -2.63. The van der Waals surface area contributed by atoms with Crippen molar-refractivity contribution in [3.8, 4) is 5.69 Å². The van der Waals surface area contributed by atoms with E-state index in [1.165, 1.54) is 0 Å². The molecule has 0 aliphatic carbocycles. The number of nitrogens with zero attached hydrogens (tertiary/aromatic N) is 3. The second-order valence-electron chi connectivity index (χ2n) is 7.24. The number of aromatic nitrogens is 2. The van der Waals surface area contributed by atoms with Crippen LogP contribution in [0.3, 0.4) is 0 Å². The number of carbonyl (C=O) groups is 2. The molecule has 0 bridgehead atoms. The molecule has 0 saturated carbocycles. The molecule has 1 aromatic heterocycles. The fraction of sp³-hybridized carbons (Fsp3) is 0.522. The summed E-state index contributed by atoms with van der Waals surface area (Å²) < 4.78 is 6.89. The molecule has 29 heavy (non-hydrogen) atoms. The number of ether oxygens (including phenoxy) is 1. The minimum Gasteiger partial charge on any atom is -0.461 e. The lowest BCUT2D eigenvalue weighted by atomic mass is 10.0. The second-order valence-corrected chi connectivity index (χ2v) is 7.24. The van der Waals surface area contributed by atoms with Gasteiger partial charge in [0.25, 0.3) is 5.91 Å². The molecule has 6 nitrogen and oxygen atoms in total. The van der Waals surface area contributed by atoms with Gasteiger partial charge in [0.1, 0.15) is 0 Å². The highest BCUT2D eigenvalue weighted by atomic mass is 16.5. The van der Waals surface area contributed by atoms with Crippen molar-refractivity contribution in [1.82, 2.24) is 14.7 Å². The van der Waals surface area contributed by atoms with Crippen molar-refractivity contribution < 1.29 is 14.3 Å². The van der Waals surface area contributed by atoms with Crippen LogP contribution in [-0.2, 0) is 4.74 Å². The molecule has 0 N–H and O–H groups in total. The number of carbonyl (C=O) groups excluding carboxylic acids is 2. The highest BCUT2D eigenvalue weighted by molar-refractivity contribution is 5.94. The van der Waals surface area contributed by atoms with E-state index in [2.05, 4.69) is 32.8 Å². The third kappa shape index (κ3) is 5.46. The minimum atomic E-state index is -0.419. The van der Waals surface area contributed by atoms with E-state index in [-0.39, 0.29) is 11.8 Å². The normalized spacial score (nSPS) is 11.9. The van der Waals surface area contributed by atoms with Crippen LogP contribution >= 0.6 is 0 Å². The summed E-state index contributed by atoms with van der Waals surface area (Å²) in [6.07, 6.45) is 2.80. The van der Waals surface area contributed by atoms with E-state index in [9.17, 15) is 9.59 Å². The van der Waals surface area contributed by atoms with Gasteiger partial charge in [0, 0.05) is 24.3 Å². The molecular weight excluding hydrogens is 366 g/mol. The van der Waals surface area contributed by atoms with Gasteiger partial charge in [-0.3, -0.25) is 4.79 Å². The van der Waals surface area contributed by atoms with Crippen LogP contribution in [0.1, 0.15) is 86.3 Å². The van der Waals surface area contributed by atoms with Crippen LogP contribution in [0, 0.1) is 0 Å². The Bertz CT molecular complexity index is 805. The maximum atomic E-state index is 12.8. The van der Waals surface area contributed by atoms with Crippen LogP contribution in [0.2, 0.25) is 0 Å². The molecule has 0 radical (unpaired) electrons.